The molecule has 0 fully saturated rings. The van der Waals surface area contributed by atoms with Crippen molar-refractivity contribution in [3.05, 3.63) is 53.6 Å². The molecular weight excluding hydrogens is 340 g/mol. The average molecular weight is 373 g/mol. The lowest BCUT2D eigenvalue weighted by Gasteiger charge is -2.22. The predicted molar refractivity (Wildman–Crippen MR) is 110 cm³/mol. The molecule has 0 radical (unpaired) electrons. The van der Waals surface area contributed by atoms with Gasteiger partial charge in [-0.1, -0.05) is 25.1 Å². The summed E-state index contributed by atoms with van der Waals surface area (Å²) in [5, 5.41) is 0. The molecule has 5 heteroatoms. The van der Waals surface area contributed by atoms with Crippen LogP contribution >= 0.6 is 0 Å². The number of rotatable bonds is 11. The first kappa shape index (κ1) is 21.1. The van der Waals surface area contributed by atoms with E-state index in [2.05, 4.69) is 41.0 Å². The highest BCUT2D eigenvalue weighted by Crippen LogP contribution is 2.26. The quantitative estimate of drug-likeness (QED) is 0.601. The molecule has 2 aromatic carbocycles. The number of hydrogen-bond donors (Lipinski definition) is 0. The van der Waals surface area contributed by atoms with Crippen LogP contribution in [0.1, 0.15) is 18.1 Å². The standard InChI is InChI=1S/C22H32N2O3/c1-6-24(17-19-10-11-20(25-4)15-22(19)26-5)16-18-8-7-9-21(14-18)27-13-12-23(2)3/h7-11,14-15H,6,12-13,16-17H2,1-5H3. The highest BCUT2D eigenvalue weighted by molar-refractivity contribution is 5.40. The van der Waals surface area contributed by atoms with Crippen LogP contribution in [-0.4, -0.2) is 57.8 Å². The fourth-order valence-corrected chi connectivity index (χ4v) is 2.84. The van der Waals surface area contributed by atoms with Crippen LogP contribution in [0.2, 0.25) is 0 Å². The Morgan fingerprint density at radius 3 is 2.37 bits per heavy atom. The zero-order chi connectivity index (χ0) is 19.6. The second-order valence-corrected chi connectivity index (χ2v) is 6.78. The number of likely N-dealkylation sites (N-methyl/N-ethyl adjacent to an activating group) is 1. The van der Waals surface area contributed by atoms with Crippen molar-refractivity contribution in [1.82, 2.24) is 9.80 Å². The molecule has 0 aliphatic rings. The third-order valence-corrected chi connectivity index (χ3v) is 4.45. The topological polar surface area (TPSA) is 34.2 Å². The summed E-state index contributed by atoms with van der Waals surface area (Å²) >= 11 is 0. The summed E-state index contributed by atoms with van der Waals surface area (Å²) in [4.78, 5) is 4.49. The van der Waals surface area contributed by atoms with Crippen LogP contribution in [0.25, 0.3) is 0 Å². The molecule has 0 amide bonds. The molecule has 0 saturated carbocycles. The largest absolute Gasteiger partial charge is 0.497 e. The molecule has 0 saturated heterocycles. The van der Waals surface area contributed by atoms with E-state index < -0.39 is 0 Å². The van der Waals surface area contributed by atoms with Gasteiger partial charge in [-0.3, -0.25) is 4.90 Å². The Hall–Kier alpha value is -2.24. The van der Waals surface area contributed by atoms with Gasteiger partial charge in [0, 0.05) is 31.3 Å². The molecule has 0 N–H and O–H groups in total. The minimum absolute atomic E-state index is 0.691. The van der Waals surface area contributed by atoms with Crippen LogP contribution in [0.3, 0.4) is 0 Å². The smallest absolute Gasteiger partial charge is 0.127 e. The van der Waals surface area contributed by atoms with Crippen LogP contribution in [0.4, 0.5) is 0 Å². The molecule has 5 nitrogen and oxygen atoms in total. The monoisotopic (exact) mass is 372 g/mol. The lowest BCUT2D eigenvalue weighted by molar-refractivity contribution is 0.256. The average Bonchev–Trinajstić information content (AvgIpc) is 2.67. The number of benzene rings is 2. The maximum Gasteiger partial charge on any atom is 0.127 e. The Balaban J connectivity index is 2.02. The molecule has 0 unspecified atom stereocenters. The second-order valence-electron chi connectivity index (χ2n) is 6.78. The lowest BCUT2D eigenvalue weighted by Crippen LogP contribution is -2.22. The van der Waals surface area contributed by atoms with Crippen molar-refractivity contribution in [3.63, 3.8) is 0 Å². The minimum atomic E-state index is 0.691. The molecular formula is C22H32N2O3. The van der Waals surface area contributed by atoms with Gasteiger partial charge in [-0.25, -0.2) is 0 Å². The van der Waals surface area contributed by atoms with Crippen molar-refractivity contribution in [2.24, 2.45) is 0 Å². The molecule has 2 rings (SSSR count). The fourth-order valence-electron chi connectivity index (χ4n) is 2.84. The molecule has 0 aliphatic carbocycles. The first-order valence-corrected chi connectivity index (χ1v) is 9.35. The Morgan fingerprint density at radius 1 is 0.889 bits per heavy atom. The molecule has 0 atom stereocenters. The van der Waals surface area contributed by atoms with Gasteiger partial charge in [0.1, 0.15) is 23.9 Å². The van der Waals surface area contributed by atoms with Gasteiger partial charge < -0.3 is 19.1 Å². The highest BCUT2D eigenvalue weighted by Gasteiger charge is 2.11. The third-order valence-electron chi connectivity index (χ3n) is 4.45. The minimum Gasteiger partial charge on any atom is -0.497 e. The fraction of sp³-hybridized carbons (Fsp3) is 0.455. The van der Waals surface area contributed by atoms with Gasteiger partial charge in [0.05, 0.1) is 14.2 Å². The summed E-state index contributed by atoms with van der Waals surface area (Å²) in [5.74, 6) is 2.59. The van der Waals surface area contributed by atoms with Crippen molar-refractivity contribution in [2.45, 2.75) is 20.0 Å². The van der Waals surface area contributed by atoms with Crippen molar-refractivity contribution >= 4 is 0 Å². The first-order valence-electron chi connectivity index (χ1n) is 9.35. The van der Waals surface area contributed by atoms with Gasteiger partial charge in [-0.15, -0.1) is 0 Å². The van der Waals surface area contributed by atoms with E-state index in [0.29, 0.717) is 6.61 Å². The highest BCUT2D eigenvalue weighted by atomic mass is 16.5. The van der Waals surface area contributed by atoms with Crippen molar-refractivity contribution in [2.75, 3.05) is 48.0 Å². The van der Waals surface area contributed by atoms with Gasteiger partial charge in [-0.05, 0) is 44.4 Å². The van der Waals surface area contributed by atoms with E-state index in [1.165, 1.54) is 5.56 Å². The second kappa shape index (κ2) is 10.8. The molecule has 0 aliphatic heterocycles. The molecule has 0 heterocycles. The van der Waals surface area contributed by atoms with Crippen LogP contribution in [0, 0.1) is 0 Å². The van der Waals surface area contributed by atoms with Crippen LogP contribution in [-0.2, 0) is 13.1 Å². The van der Waals surface area contributed by atoms with E-state index in [-0.39, 0.29) is 0 Å². The van der Waals surface area contributed by atoms with Gasteiger partial charge in [-0.2, -0.15) is 0 Å². The van der Waals surface area contributed by atoms with Crippen LogP contribution in [0.5, 0.6) is 17.2 Å². The summed E-state index contributed by atoms with van der Waals surface area (Å²) in [6, 6.07) is 14.3. The van der Waals surface area contributed by atoms with Crippen LogP contribution < -0.4 is 14.2 Å². The van der Waals surface area contributed by atoms with Gasteiger partial charge in [0.25, 0.3) is 0 Å². The summed E-state index contributed by atoms with van der Waals surface area (Å²) in [5.41, 5.74) is 2.39. The Labute approximate surface area is 163 Å². The molecule has 148 valence electrons. The number of nitrogens with zero attached hydrogens (tertiary/aromatic N) is 2. The summed E-state index contributed by atoms with van der Waals surface area (Å²) < 4.78 is 16.7. The van der Waals surface area contributed by atoms with Crippen LogP contribution in [0.15, 0.2) is 42.5 Å². The molecule has 0 bridgehead atoms. The zero-order valence-corrected chi connectivity index (χ0v) is 17.2. The van der Waals surface area contributed by atoms with E-state index in [4.69, 9.17) is 14.2 Å². The number of hydrogen-bond acceptors (Lipinski definition) is 5. The molecule has 0 spiro atoms. The Kier molecular flexibility index (Phi) is 8.43. The van der Waals surface area contributed by atoms with E-state index in [9.17, 15) is 0 Å². The summed E-state index contributed by atoms with van der Waals surface area (Å²) in [6.45, 7) is 6.39. The maximum atomic E-state index is 5.86. The van der Waals surface area contributed by atoms with Gasteiger partial charge in [0.15, 0.2) is 0 Å². The first-order chi connectivity index (χ1) is 13.0. The predicted octanol–water partition coefficient (Wildman–Crippen LogP) is 3.67. The Bertz CT molecular complexity index is 704. The van der Waals surface area contributed by atoms with Crippen molar-refractivity contribution in [3.8, 4) is 17.2 Å². The zero-order valence-electron chi connectivity index (χ0n) is 17.2. The van der Waals surface area contributed by atoms with Crippen molar-refractivity contribution in [1.29, 1.82) is 0 Å². The van der Waals surface area contributed by atoms with E-state index >= 15 is 0 Å². The Morgan fingerprint density at radius 2 is 1.70 bits per heavy atom. The molecule has 0 aromatic heterocycles. The summed E-state index contributed by atoms with van der Waals surface area (Å²) in [7, 11) is 7.46. The van der Waals surface area contributed by atoms with Gasteiger partial charge in [0.2, 0.25) is 0 Å². The molecule has 27 heavy (non-hydrogen) atoms. The van der Waals surface area contributed by atoms with E-state index in [1.807, 2.05) is 32.3 Å². The normalized spacial score (nSPS) is 11.1. The summed E-state index contributed by atoms with van der Waals surface area (Å²) in [6.07, 6.45) is 0. The van der Waals surface area contributed by atoms with E-state index in [1.54, 1.807) is 14.2 Å². The van der Waals surface area contributed by atoms with Gasteiger partial charge >= 0.3 is 0 Å². The SMILES string of the molecule is CCN(Cc1cccc(OCCN(C)C)c1)Cc1ccc(OC)cc1OC. The molecule has 2 aromatic rings. The number of methoxy groups -OCH3 is 2. The maximum absolute atomic E-state index is 5.86. The van der Waals surface area contributed by atoms with E-state index in [0.717, 1.165) is 49.0 Å². The lowest BCUT2D eigenvalue weighted by atomic mass is 10.1. The number of ether oxygens (including phenoxy) is 3. The van der Waals surface area contributed by atoms with Crippen molar-refractivity contribution < 1.29 is 14.2 Å². The third kappa shape index (κ3) is 6.77.